The van der Waals surface area contributed by atoms with Gasteiger partial charge < -0.3 is 9.32 Å². The van der Waals surface area contributed by atoms with E-state index in [0.29, 0.717) is 17.5 Å². The molecule has 5 rings (SSSR count). The Morgan fingerprint density at radius 2 is 1.88 bits per heavy atom. The van der Waals surface area contributed by atoms with Crippen LogP contribution in [0.25, 0.3) is 11.4 Å². The summed E-state index contributed by atoms with van der Waals surface area (Å²) in [4.78, 5) is 19.7. The van der Waals surface area contributed by atoms with Gasteiger partial charge in [-0.3, -0.25) is 14.3 Å². The molecule has 3 aromatic heterocycles. The van der Waals surface area contributed by atoms with Crippen LogP contribution in [0.5, 0.6) is 0 Å². The molecule has 1 fully saturated rings. The Labute approximate surface area is 190 Å². The molecule has 0 saturated carbocycles. The van der Waals surface area contributed by atoms with E-state index in [9.17, 15) is 4.79 Å². The van der Waals surface area contributed by atoms with Crippen molar-refractivity contribution in [3.05, 3.63) is 84.6 Å². The second-order valence-corrected chi connectivity index (χ2v) is 8.73. The summed E-state index contributed by atoms with van der Waals surface area (Å²) < 4.78 is 7.59. The molecule has 1 saturated heterocycles. The first kappa shape index (κ1) is 20.5. The van der Waals surface area contributed by atoms with E-state index in [2.05, 4.69) is 15.2 Å². The Morgan fingerprint density at radius 1 is 1.03 bits per heavy atom. The topological polar surface area (TPSA) is 77.0 Å². The van der Waals surface area contributed by atoms with Gasteiger partial charge in [0.05, 0.1) is 12.8 Å². The van der Waals surface area contributed by atoms with Gasteiger partial charge in [-0.25, -0.2) is 0 Å². The monoisotopic (exact) mass is 445 g/mol. The minimum absolute atomic E-state index is 0.120. The number of carbonyl (C=O) groups excluding carboxylic acids is 1. The van der Waals surface area contributed by atoms with Gasteiger partial charge in [0.2, 0.25) is 5.91 Å². The van der Waals surface area contributed by atoms with Crippen molar-refractivity contribution in [2.24, 2.45) is 0 Å². The Kier molecular flexibility index (Phi) is 6.02. The van der Waals surface area contributed by atoms with Crippen LogP contribution < -0.4 is 0 Å². The summed E-state index contributed by atoms with van der Waals surface area (Å²) in [5.41, 5.74) is 1.82. The number of aromatic nitrogens is 4. The van der Waals surface area contributed by atoms with Crippen molar-refractivity contribution in [1.29, 1.82) is 0 Å². The van der Waals surface area contributed by atoms with Crippen LogP contribution in [0.15, 0.2) is 82.8 Å². The number of thioether (sulfide) groups is 1. The lowest BCUT2D eigenvalue weighted by molar-refractivity contribution is -0.129. The molecule has 1 aromatic carbocycles. The first-order valence-electron chi connectivity index (χ1n) is 10.7. The van der Waals surface area contributed by atoms with E-state index in [1.165, 1.54) is 11.8 Å². The normalized spacial score (nSPS) is 14.6. The number of amides is 1. The van der Waals surface area contributed by atoms with E-state index in [0.717, 1.165) is 42.8 Å². The Hall–Kier alpha value is -3.39. The molecular weight excluding hydrogens is 422 g/mol. The molecule has 4 aromatic rings. The Morgan fingerprint density at radius 3 is 2.59 bits per heavy atom. The highest BCUT2D eigenvalue weighted by molar-refractivity contribution is 8.00. The smallest absolute Gasteiger partial charge is 0.240 e. The maximum Gasteiger partial charge on any atom is 0.240 e. The average molecular weight is 446 g/mol. The molecule has 0 N–H and O–H groups in total. The van der Waals surface area contributed by atoms with E-state index >= 15 is 0 Å². The summed E-state index contributed by atoms with van der Waals surface area (Å²) in [7, 11) is 0. The van der Waals surface area contributed by atoms with Crippen LogP contribution in [-0.2, 0) is 11.3 Å². The SMILES string of the molecule is O=C(C(Sc1nnc(-c2cccnc2)n1Cc1ccco1)c1ccccc1)N1CCCC1. The van der Waals surface area contributed by atoms with Crippen LogP contribution in [0.3, 0.4) is 0 Å². The van der Waals surface area contributed by atoms with Gasteiger partial charge in [-0.15, -0.1) is 10.2 Å². The second-order valence-electron chi connectivity index (χ2n) is 7.65. The van der Waals surface area contributed by atoms with Gasteiger partial charge in [0.1, 0.15) is 11.0 Å². The van der Waals surface area contributed by atoms with E-state index in [1.54, 1.807) is 18.7 Å². The number of hydrogen-bond donors (Lipinski definition) is 0. The number of carbonyl (C=O) groups is 1. The molecule has 1 amide bonds. The quantitative estimate of drug-likeness (QED) is 0.392. The molecule has 32 heavy (non-hydrogen) atoms. The predicted octanol–water partition coefficient (Wildman–Crippen LogP) is 4.44. The van der Waals surface area contributed by atoms with E-state index in [-0.39, 0.29) is 5.91 Å². The highest BCUT2D eigenvalue weighted by Gasteiger charge is 2.31. The maximum atomic E-state index is 13.5. The molecule has 0 spiro atoms. The molecule has 8 heteroatoms. The number of nitrogens with zero attached hydrogens (tertiary/aromatic N) is 5. The van der Waals surface area contributed by atoms with Crippen molar-refractivity contribution in [2.75, 3.05) is 13.1 Å². The second kappa shape index (κ2) is 9.40. The Balaban J connectivity index is 1.53. The average Bonchev–Trinajstić information content (AvgIpc) is 3.62. The Bertz CT molecular complexity index is 1160. The zero-order valence-electron chi connectivity index (χ0n) is 17.5. The van der Waals surface area contributed by atoms with Gasteiger partial charge in [0.25, 0.3) is 0 Å². The maximum absolute atomic E-state index is 13.5. The molecule has 0 bridgehead atoms. The van der Waals surface area contributed by atoms with Gasteiger partial charge >= 0.3 is 0 Å². The molecule has 7 nitrogen and oxygen atoms in total. The van der Waals surface area contributed by atoms with Gasteiger partial charge in [-0.2, -0.15) is 0 Å². The highest BCUT2D eigenvalue weighted by atomic mass is 32.2. The molecule has 1 atom stereocenters. The fraction of sp³-hybridized carbons (Fsp3) is 0.250. The largest absolute Gasteiger partial charge is 0.467 e. The fourth-order valence-corrected chi connectivity index (χ4v) is 5.00. The lowest BCUT2D eigenvalue weighted by Crippen LogP contribution is -2.31. The molecule has 0 radical (unpaired) electrons. The number of rotatable bonds is 7. The van der Waals surface area contributed by atoms with Crippen LogP contribution in [0.2, 0.25) is 0 Å². The number of pyridine rings is 1. The van der Waals surface area contributed by atoms with Crippen LogP contribution in [-0.4, -0.2) is 43.6 Å². The third kappa shape index (κ3) is 4.31. The number of hydrogen-bond acceptors (Lipinski definition) is 6. The van der Waals surface area contributed by atoms with Crippen LogP contribution in [0, 0.1) is 0 Å². The van der Waals surface area contributed by atoms with Crippen molar-refractivity contribution < 1.29 is 9.21 Å². The molecule has 1 aliphatic heterocycles. The lowest BCUT2D eigenvalue weighted by Gasteiger charge is -2.23. The number of benzene rings is 1. The molecular formula is C24H23N5O2S. The van der Waals surface area contributed by atoms with Crippen LogP contribution >= 0.6 is 11.8 Å². The van der Waals surface area contributed by atoms with Crippen molar-refractivity contribution >= 4 is 17.7 Å². The van der Waals surface area contributed by atoms with Crippen molar-refractivity contribution in [1.82, 2.24) is 24.6 Å². The van der Waals surface area contributed by atoms with Gasteiger partial charge in [-0.1, -0.05) is 42.1 Å². The van der Waals surface area contributed by atoms with Crippen LogP contribution in [0.4, 0.5) is 0 Å². The van der Waals surface area contributed by atoms with Gasteiger partial charge in [0, 0.05) is 31.0 Å². The summed E-state index contributed by atoms with van der Waals surface area (Å²) >= 11 is 1.44. The lowest BCUT2D eigenvalue weighted by atomic mass is 10.1. The van der Waals surface area contributed by atoms with Gasteiger partial charge in [-0.05, 0) is 42.7 Å². The predicted molar refractivity (Wildman–Crippen MR) is 122 cm³/mol. The van der Waals surface area contributed by atoms with E-state index in [4.69, 9.17) is 4.42 Å². The van der Waals surface area contributed by atoms with Crippen molar-refractivity contribution in [3.63, 3.8) is 0 Å². The zero-order chi connectivity index (χ0) is 21.8. The minimum Gasteiger partial charge on any atom is -0.467 e. The summed E-state index contributed by atoms with van der Waals surface area (Å²) in [6.45, 7) is 2.08. The molecule has 1 unspecified atom stereocenters. The number of furan rings is 1. The zero-order valence-corrected chi connectivity index (χ0v) is 18.3. The van der Waals surface area contributed by atoms with Crippen molar-refractivity contribution in [2.45, 2.75) is 29.8 Å². The van der Waals surface area contributed by atoms with E-state index < -0.39 is 5.25 Å². The highest BCUT2D eigenvalue weighted by Crippen LogP contribution is 2.38. The third-order valence-corrected chi connectivity index (χ3v) is 6.72. The first-order valence-corrected chi connectivity index (χ1v) is 11.5. The van der Waals surface area contributed by atoms with Gasteiger partial charge in [0.15, 0.2) is 11.0 Å². The summed E-state index contributed by atoms with van der Waals surface area (Å²) in [5.74, 6) is 1.60. The first-order chi connectivity index (χ1) is 15.8. The number of likely N-dealkylation sites (tertiary alicyclic amines) is 1. The standard InChI is InChI=1S/C24H23N5O2S/c30-23(28-13-4-5-14-28)21(18-8-2-1-3-9-18)32-24-27-26-22(19-10-6-12-25-16-19)29(24)17-20-11-7-15-31-20/h1-3,6-12,15-16,21H,4-5,13-14,17H2. The molecule has 162 valence electrons. The summed E-state index contributed by atoms with van der Waals surface area (Å²) in [6.07, 6.45) is 7.25. The van der Waals surface area contributed by atoms with Crippen molar-refractivity contribution in [3.8, 4) is 11.4 Å². The summed E-state index contributed by atoms with van der Waals surface area (Å²) in [6, 6.07) is 17.5. The molecule has 4 heterocycles. The third-order valence-electron chi connectivity index (χ3n) is 5.50. The summed E-state index contributed by atoms with van der Waals surface area (Å²) in [5, 5.41) is 9.21. The fourth-order valence-electron chi connectivity index (χ4n) is 3.88. The van der Waals surface area contributed by atoms with E-state index in [1.807, 2.05) is 64.1 Å². The molecule has 1 aliphatic rings. The molecule has 0 aliphatic carbocycles. The minimum atomic E-state index is -0.393. The van der Waals surface area contributed by atoms with Crippen LogP contribution in [0.1, 0.15) is 29.4 Å².